The second-order valence-electron chi connectivity index (χ2n) is 6.19. The first-order valence-corrected chi connectivity index (χ1v) is 9.38. The highest BCUT2D eigenvalue weighted by Gasteiger charge is 2.26. The van der Waals surface area contributed by atoms with Gasteiger partial charge in [-0.25, -0.2) is 4.98 Å². The summed E-state index contributed by atoms with van der Waals surface area (Å²) in [5.74, 6) is -0.208. The van der Waals surface area contributed by atoms with Crippen LogP contribution in [0, 0.1) is 0 Å². The third-order valence-corrected chi connectivity index (χ3v) is 5.80. The maximum Gasteiger partial charge on any atom is 0.289 e. The standard InChI is InChI=1S/C18H19N5O3S/c1-20-14-13-11(4-5-21-17(13)27-15(14)16(19)24)22-6-8-23(9-7-22)18(25)12-3-2-10-26-12/h2-5,10,20H,6-9H2,1H3,(H2,19,24). The number of fused-ring (bicyclic) bond motifs is 1. The van der Waals surface area contributed by atoms with Gasteiger partial charge in [0, 0.05) is 39.4 Å². The van der Waals surface area contributed by atoms with E-state index in [4.69, 9.17) is 10.2 Å². The number of nitrogens with two attached hydrogens (primary N) is 1. The Morgan fingerprint density at radius 3 is 2.67 bits per heavy atom. The molecule has 0 spiro atoms. The normalized spacial score (nSPS) is 14.6. The Morgan fingerprint density at radius 2 is 2.04 bits per heavy atom. The lowest BCUT2D eigenvalue weighted by Gasteiger charge is -2.36. The maximum absolute atomic E-state index is 12.4. The van der Waals surface area contributed by atoms with Gasteiger partial charge >= 0.3 is 0 Å². The molecule has 0 aliphatic carbocycles. The van der Waals surface area contributed by atoms with Gasteiger partial charge in [0.1, 0.15) is 9.71 Å². The van der Waals surface area contributed by atoms with Crippen molar-refractivity contribution in [1.29, 1.82) is 0 Å². The van der Waals surface area contributed by atoms with Crippen LogP contribution in [0.2, 0.25) is 0 Å². The number of nitrogens with zero attached hydrogens (tertiary/aromatic N) is 3. The highest BCUT2D eigenvalue weighted by molar-refractivity contribution is 7.21. The van der Waals surface area contributed by atoms with Crippen molar-refractivity contribution in [3.05, 3.63) is 41.3 Å². The fourth-order valence-corrected chi connectivity index (χ4v) is 4.41. The van der Waals surface area contributed by atoms with Crippen LogP contribution in [0.4, 0.5) is 11.4 Å². The summed E-state index contributed by atoms with van der Waals surface area (Å²) in [5.41, 5.74) is 7.21. The van der Waals surface area contributed by atoms with E-state index >= 15 is 0 Å². The Morgan fingerprint density at radius 1 is 1.26 bits per heavy atom. The van der Waals surface area contributed by atoms with Crippen LogP contribution in [0.5, 0.6) is 0 Å². The van der Waals surface area contributed by atoms with Gasteiger partial charge in [0.25, 0.3) is 11.8 Å². The Hall–Kier alpha value is -3.07. The molecule has 1 aliphatic heterocycles. The third kappa shape index (κ3) is 2.99. The molecule has 9 heteroatoms. The van der Waals surface area contributed by atoms with E-state index in [1.165, 1.54) is 17.6 Å². The number of hydrogen-bond donors (Lipinski definition) is 2. The molecule has 3 aromatic rings. The number of carbonyl (C=O) groups is 2. The van der Waals surface area contributed by atoms with Crippen LogP contribution in [-0.4, -0.2) is 54.9 Å². The third-order valence-electron chi connectivity index (χ3n) is 4.68. The van der Waals surface area contributed by atoms with Gasteiger partial charge in [0.15, 0.2) is 5.76 Å². The lowest BCUT2D eigenvalue weighted by Crippen LogP contribution is -2.48. The van der Waals surface area contributed by atoms with E-state index in [-0.39, 0.29) is 5.91 Å². The van der Waals surface area contributed by atoms with E-state index in [0.29, 0.717) is 42.5 Å². The van der Waals surface area contributed by atoms with Gasteiger partial charge in [-0.15, -0.1) is 11.3 Å². The van der Waals surface area contributed by atoms with Gasteiger partial charge in [0.2, 0.25) is 0 Å². The monoisotopic (exact) mass is 385 g/mol. The van der Waals surface area contributed by atoms with Crippen LogP contribution in [0.25, 0.3) is 10.2 Å². The Bertz CT molecular complexity index is 990. The Labute approximate surface area is 159 Å². The molecule has 0 atom stereocenters. The largest absolute Gasteiger partial charge is 0.459 e. The van der Waals surface area contributed by atoms with Crippen LogP contribution < -0.4 is 16.0 Å². The van der Waals surface area contributed by atoms with Crippen molar-refractivity contribution < 1.29 is 14.0 Å². The van der Waals surface area contributed by atoms with Gasteiger partial charge in [-0.3, -0.25) is 9.59 Å². The van der Waals surface area contributed by atoms with Crippen LogP contribution in [0.15, 0.2) is 35.1 Å². The van der Waals surface area contributed by atoms with Crippen molar-refractivity contribution in [3.63, 3.8) is 0 Å². The fourth-order valence-electron chi connectivity index (χ4n) is 3.39. The number of amides is 2. The van der Waals surface area contributed by atoms with Gasteiger partial charge in [-0.05, 0) is 18.2 Å². The van der Waals surface area contributed by atoms with Crippen LogP contribution in [-0.2, 0) is 0 Å². The molecule has 3 N–H and O–H groups in total. The van der Waals surface area contributed by atoms with Gasteiger partial charge in [-0.2, -0.15) is 0 Å². The highest BCUT2D eigenvalue weighted by Crippen LogP contribution is 2.40. The number of thiophene rings is 1. The summed E-state index contributed by atoms with van der Waals surface area (Å²) in [7, 11) is 1.77. The Balaban J connectivity index is 1.61. The smallest absolute Gasteiger partial charge is 0.289 e. The molecule has 140 valence electrons. The number of nitrogens with one attached hydrogen (secondary N) is 1. The quantitative estimate of drug-likeness (QED) is 0.712. The number of piperazine rings is 1. The zero-order valence-corrected chi connectivity index (χ0v) is 15.6. The minimum atomic E-state index is -0.470. The molecule has 0 radical (unpaired) electrons. The van der Waals surface area contributed by atoms with Gasteiger partial charge in [0.05, 0.1) is 23.0 Å². The second kappa shape index (κ2) is 6.92. The number of rotatable bonds is 4. The minimum absolute atomic E-state index is 0.0954. The predicted octanol–water partition coefficient (Wildman–Crippen LogP) is 1.99. The van der Waals surface area contributed by atoms with E-state index in [1.807, 2.05) is 6.07 Å². The summed E-state index contributed by atoms with van der Waals surface area (Å²) < 4.78 is 5.21. The van der Waals surface area contributed by atoms with E-state index in [1.54, 1.807) is 30.3 Å². The predicted molar refractivity (Wildman–Crippen MR) is 105 cm³/mol. The molecule has 0 aromatic carbocycles. The van der Waals surface area contributed by atoms with Crippen molar-refractivity contribution in [1.82, 2.24) is 9.88 Å². The van der Waals surface area contributed by atoms with Crippen LogP contribution in [0.1, 0.15) is 20.2 Å². The number of anilines is 2. The minimum Gasteiger partial charge on any atom is -0.459 e. The van der Waals surface area contributed by atoms with Gasteiger partial charge in [-0.1, -0.05) is 0 Å². The Kier molecular flexibility index (Phi) is 4.44. The molecule has 1 fully saturated rings. The summed E-state index contributed by atoms with van der Waals surface area (Å²) in [5, 5.41) is 3.98. The molecule has 27 heavy (non-hydrogen) atoms. The number of aromatic nitrogens is 1. The number of hydrogen-bond acceptors (Lipinski definition) is 7. The lowest BCUT2D eigenvalue weighted by atomic mass is 10.1. The first-order chi connectivity index (χ1) is 13.1. The molecule has 2 amide bonds. The molecule has 4 rings (SSSR count). The average Bonchev–Trinajstić information content (AvgIpc) is 3.35. The molecular formula is C18H19N5O3S. The van der Waals surface area contributed by atoms with Gasteiger partial charge < -0.3 is 25.3 Å². The number of primary amides is 1. The summed E-state index contributed by atoms with van der Waals surface area (Å²) in [6, 6.07) is 5.32. The molecule has 0 saturated carbocycles. The van der Waals surface area contributed by atoms with E-state index in [0.717, 1.165) is 15.9 Å². The van der Waals surface area contributed by atoms with E-state index in [9.17, 15) is 9.59 Å². The first kappa shape index (κ1) is 17.3. The van der Waals surface area contributed by atoms with Crippen molar-refractivity contribution in [2.24, 2.45) is 5.73 Å². The second-order valence-corrected chi connectivity index (χ2v) is 7.19. The van der Waals surface area contributed by atoms with Crippen molar-refractivity contribution in [2.75, 3.05) is 43.4 Å². The summed E-state index contributed by atoms with van der Waals surface area (Å²) >= 11 is 1.29. The summed E-state index contributed by atoms with van der Waals surface area (Å²) in [6.07, 6.45) is 3.24. The summed E-state index contributed by atoms with van der Waals surface area (Å²) in [4.78, 5) is 33.8. The molecule has 1 aliphatic rings. The zero-order chi connectivity index (χ0) is 19.0. The highest BCUT2D eigenvalue weighted by atomic mass is 32.1. The fraction of sp³-hybridized carbons (Fsp3) is 0.278. The SMILES string of the molecule is CNc1c(C(N)=O)sc2nccc(N3CCN(C(=O)c4ccco4)CC3)c12. The number of furan rings is 1. The van der Waals surface area contributed by atoms with Crippen molar-refractivity contribution in [3.8, 4) is 0 Å². The number of pyridine rings is 1. The zero-order valence-electron chi connectivity index (χ0n) is 14.8. The lowest BCUT2D eigenvalue weighted by molar-refractivity contribution is 0.0714. The van der Waals surface area contributed by atoms with Crippen molar-refractivity contribution in [2.45, 2.75) is 0 Å². The molecule has 8 nitrogen and oxygen atoms in total. The summed E-state index contributed by atoms with van der Waals surface area (Å²) in [6.45, 7) is 2.53. The van der Waals surface area contributed by atoms with Crippen LogP contribution >= 0.6 is 11.3 Å². The van der Waals surface area contributed by atoms with Crippen molar-refractivity contribution >= 4 is 44.7 Å². The van der Waals surface area contributed by atoms with Crippen LogP contribution in [0.3, 0.4) is 0 Å². The average molecular weight is 385 g/mol. The molecule has 0 bridgehead atoms. The maximum atomic E-state index is 12.4. The van der Waals surface area contributed by atoms with E-state index < -0.39 is 5.91 Å². The number of carbonyl (C=O) groups excluding carboxylic acids is 2. The molecule has 3 aromatic heterocycles. The molecular weight excluding hydrogens is 366 g/mol. The molecule has 0 unspecified atom stereocenters. The van der Waals surface area contributed by atoms with E-state index in [2.05, 4.69) is 15.2 Å². The first-order valence-electron chi connectivity index (χ1n) is 8.57. The molecule has 1 saturated heterocycles. The molecule has 4 heterocycles. The topological polar surface area (TPSA) is 105 Å².